The van der Waals surface area contributed by atoms with E-state index in [1.807, 2.05) is 6.92 Å². The molecule has 1 aromatic heterocycles. The third kappa shape index (κ3) is 4.38. The number of benzene rings is 1. The maximum Gasteiger partial charge on any atom is 0.417 e. The van der Waals surface area contributed by atoms with Gasteiger partial charge < -0.3 is 9.73 Å². The van der Waals surface area contributed by atoms with Gasteiger partial charge in [0.2, 0.25) is 10.0 Å². The maximum absolute atomic E-state index is 13.1. The minimum absolute atomic E-state index is 0.0914. The summed E-state index contributed by atoms with van der Waals surface area (Å²) in [7, 11) is -3.69. The van der Waals surface area contributed by atoms with Crippen LogP contribution in [0.4, 0.5) is 0 Å². The number of hydrogen-bond acceptors (Lipinski definition) is 6. The Morgan fingerprint density at radius 3 is 2.51 bits per heavy atom. The molecule has 1 aliphatic carbocycles. The number of carbonyl (C=O) groups is 1. The molecular weight excluding hydrogens is 468 g/mol. The van der Waals surface area contributed by atoms with E-state index in [0.717, 1.165) is 43.0 Å². The number of aromatic amines is 1. The molecule has 0 radical (unpaired) electrons. The molecule has 0 atom stereocenters. The van der Waals surface area contributed by atoms with Crippen LogP contribution in [0.3, 0.4) is 0 Å². The van der Waals surface area contributed by atoms with Crippen LogP contribution in [0.2, 0.25) is 0 Å². The van der Waals surface area contributed by atoms with Gasteiger partial charge in [-0.15, -0.1) is 0 Å². The molecule has 9 nitrogen and oxygen atoms in total. The second-order valence-corrected chi connectivity index (χ2v) is 12.1. The van der Waals surface area contributed by atoms with Crippen LogP contribution in [0.25, 0.3) is 17.2 Å². The van der Waals surface area contributed by atoms with Gasteiger partial charge in [-0.1, -0.05) is 19.8 Å². The molecule has 1 saturated heterocycles. The minimum Gasteiger partial charge on any atom is -0.408 e. The molecule has 1 saturated carbocycles. The summed E-state index contributed by atoms with van der Waals surface area (Å²) >= 11 is 0. The van der Waals surface area contributed by atoms with Crippen molar-refractivity contribution in [1.82, 2.24) is 14.6 Å². The van der Waals surface area contributed by atoms with E-state index in [4.69, 9.17) is 9.41 Å². The lowest BCUT2D eigenvalue weighted by Crippen LogP contribution is -2.50. The molecule has 35 heavy (non-hydrogen) atoms. The zero-order valence-electron chi connectivity index (χ0n) is 20.4. The third-order valence-corrected chi connectivity index (χ3v) is 9.49. The molecule has 2 aromatic rings. The standard InChI is InChI=1S/C25H32N4O5S/c1-15-4-6-18(7-5-15)22-27-23(30)25(28-22)9-11-29(12-10-25)35(32,33)13-8-19-16(2)14-20-21(17(19)3)34-24(31)26-20/h8,13-15,18H,4-7,9-12H2,1-3H3,(H,26,31)(H,27,28,30)/b13-8+/t15-,18-. The Balaban J connectivity index is 1.30. The van der Waals surface area contributed by atoms with Gasteiger partial charge in [0.15, 0.2) is 5.58 Å². The second-order valence-electron chi connectivity index (χ2n) is 10.3. The number of amides is 1. The van der Waals surface area contributed by atoms with Crippen LogP contribution in [0, 0.1) is 25.7 Å². The van der Waals surface area contributed by atoms with Gasteiger partial charge in [-0.3, -0.25) is 14.8 Å². The van der Waals surface area contributed by atoms with Gasteiger partial charge >= 0.3 is 5.76 Å². The number of piperidine rings is 1. The fourth-order valence-electron chi connectivity index (χ4n) is 5.65. The highest BCUT2D eigenvalue weighted by molar-refractivity contribution is 7.92. The number of carbonyl (C=O) groups excluding carboxylic acids is 1. The van der Waals surface area contributed by atoms with Crippen molar-refractivity contribution in [1.29, 1.82) is 0 Å². The van der Waals surface area contributed by atoms with Gasteiger partial charge in [0, 0.05) is 30.0 Å². The molecule has 3 aliphatic rings. The van der Waals surface area contributed by atoms with Crippen LogP contribution in [0.15, 0.2) is 25.7 Å². The Kier molecular flexibility index (Phi) is 5.99. The summed E-state index contributed by atoms with van der Waals surface area (Å²) in [5, 5.41) is 4.22. The van der Waals surface area contributed by atoms with Crippen molar-refractivity contribution in [2.75, 3.05) is 13.1 Å². The summed E-state index contributed by atoms with van der Waals surface area (Å²) in [5.41, 5.74) is 2.39. The first-order valence-electron chi connectivity index (χ1n) is 12.3. The van der Waals surface area contributed by atoms with Crippen molar-refractivity contribution in [3.8, 4) is 0 Å². The molecule has 1 aromatic carbocycles. The zero-order valence-corrected chi connectivity index (χ0v) is 21.2. The van der Waals surface area contributed by atoms with Crippen molar-refractivity contribution >= 4 is 38.9 Å². The second kappa shape index (κ2) is 8.74. The fraction of sp³-hybridized carbons (Fsp3) is 0.560. The average Bonchev–Trinajstić information content (AvgIpc) is 3.34. The summed E-state index contributed by atoms with van der Waals surface area (Å²) < 4.78 is 32.8. The third-order valence-electron chi connectivity index (χ3n) is 7.92. The number of aliphatic imine (C=N–C) groups is 1. The molecule has 1 spiro atoms. The minimum atomic E-state index is -3.69. The molecule has 2 fully saturated rings. The van der Waals surface area contributed by atoms with Crippen LogP contribution >= 0.6 is 0 Å². The molecule has 10 heteroatoms. The Morgan fingerprint density at radius 1 is 1.14 bits per heavy atom. The van der Waals surface area contributed by atoms with Crippen LogP contribution in [0.5, 0.6) is 0 Å². The number of amidine groups is 1. The van der Waals surface area contributed by atoms with Gasteiger partial charge in [-0.25, -0.2) is 13.2 Å². The number of H-pyrrole nitrogens is 1. The molecule has 2 aliphatic heterocycles. The number of oxazole rings is 1. The SMILES string of the molecule is Cc1cc2[nH]c(=O)oc2c(C)c1/C=C/S(=O)(=O)N1CCC2(CC1)N=C([C@H]1CC[C@H](C)CC1)NC2=O. The first kappa shape index (κ1) is 24.0. The van der Waals surface area contributed by atoms with E-state index in [2.05, 4.69) is 17.2 Å². The fourth-order valence-corrected chi connectivity index (χ4v) is 6.82. The molecular formula is C25H32N4O5S. The molecule has 3 heterocycles. The smallest absolute Gasteiger partial charge is 0.408 e. The van der Waals surface area contributed by atoms with Crippen LogP contribution in [-0.4, -0.2) is 48.1 Å². The predicted molar refractivity (Wildman–Crippen MR) is 135 cm³/mol. The van der Waals surface area contributed by atoms with Crippen molar-refractivity contribution < 1.29 is 17.6 Å². The highest BCUT2D eigenvalue weighted by atomic mass is 32.2. The van der Waals surface area contributed by atoms with Gasteiger partial charge in [-0.05, 0) is 68.7 Å². The Hall–Kier alpha value is -2.72. The molecule has 1 amide bonds. The predicted octanol–water partition coefficient (Wildman–Crippen LogP) is 3.23. The van der Waals surface area contributed by atoms with Gasteiger partial charge in [-0.2, -0.15) is 4.31 Å². The van der Waals surface area contributed by atoms with Crippen LogP contribution < -0.4 is 11.1 Å². The van der Waals surface area contributed by atoms with Crippen molar-refractivity contribution in [3.05, 3.63) is 38.7 Å². The lowest BCUT2D eigenvalue weighted by atomic mass is 9.82. The van der Waals surface area contributed by atoms with Crippen molar-refractivity contribution in [2.45, 2.75) is 64.8 Å². The highest BCUT2D eigenvalue weighted by Crippen LogP contribution is 2.36. The number of hydrogen-bond donors (Lipinski definition) is 2. The topological polar surface area (TPSA) is 125 Å². The quantitative estimate of drug-likeness (QED) is 0.667. The van der Waals surface area contributed by atoms with Gasteiger partial charge in [0.05, 0.1) is 5.52 Å². The lowest BCUT2D eigenvalue weighted by Gasteiger charge is -2.34. The monoisotopic (exact) mass is 500 g/mol. The maximum atomic E-state index is 13.1. The molecule has 5 rings (SSSR count). The summed E-state index contributed by atoms with van der Waals surface area (Å²) in [6.45, 7) is 6.39. The zero-order chi connectivity index (χ0) is 25.0. The summed E-state index contributed by atoms with van der Waals surface area (Å²) in [6.07, 6.45) is 6.67. The van der Waals surface area contributed by atoms with Crippen LogP contribution in [0.1, 0.15) is 62.1 Å². The summed E-state index contributed by atoms with van der Waals surface area (Å²) in [6, 6.07) is 1.77. The van der Waals surface area contributed by atoms with E-state index >= 15 is 0 Å². The first-order valence-corrected chi connectivity index (χ1v) is 13.8. The lowest BCUT2D eigenvalue weighted by molar-refractivity contribution is -0.124. The molecule has 188 valence electrons. The van der Waals surface area contributed by atoms with E-state index in [0.29, 0.717) is 41.0 Å². The number of nitrogens with zero attached hydrogens (tertiary/aromatic N) is 2. The first-order chi connectivity index (χ1) is 16.6. The summed E-state index contributed by atoms with van der Waals surface area (Å²) in [4.78, 5) is 31.9. The van der Waals surface area contributed by atoms with E-state index in [1.54, 1.807) is 19.1 Å². The van der Waals surface area contributed by atoms with Crippen LogP contribution in [-0.2, 0) is 14.8 Å². The molecule has 2 N–H and O–H groups in total. The molecule has 0 bridgehead atoms. The van der Waals surface area contributed by atoms with E-state index in [9.17, 15) is 18.0 Å². The number of aryl methyl sites for hydroxylation is 2. The largest absolute Gasteiger partial charge is 0.417 e. The van der Waals surface area contributed by atoms with E-state index < -0.39 is 21.3 Å². The average molecular weight is 501 g/mol. The number of rotatable bonds is 4. The molecule has 0 unspecified atom stereocenters. The Labute approximate surface area is 204 Å². The highest BCUT2D eigenvalue weighted by Gasteiger charge is 2.48. The normalized spacial score (nSPS) is 25.5. The van der Waals surface area contributed by atoms with E-state index in [-0.39, 0.29) is 19.0 Å². The summed E-state index contributed by atoms with van der Waals surface area (Å²) in [5.74, 6) is 1.18. The number of sulfonamides is 1. The van der Waals surface area contributed by atoms with E-state index in [1.165, 1.54) is 9.71 Å². The number of fused-ring (bicyclic) bond motifs is 1. The number of aromatic nitrogens is 1. The van der Waals surface area contributed by atoms with Crippen molar-refractivity contribution in [2.24, 2.45) is 16.8 Å². The van der Waals surface area contributed by atoms with Gasteiger partial charge in [0.25, 0.3) is 5.91 Å². The van der Waals surface area contributed by atoms with Crippen molar-refractivity contribution in [3.63, 3.8) is 0 Å². The van der Waals surface area contributed by atoms with Gasteiger partial charge in [0.1, 0.15) is 11.4 Å². The number of nitrogens with one attached hydrogen (secondary N) is 2. The Morgan fingerprint density at radius 2 is 1.83 bits per heavy atom. The Bertz CT molecular complexity index is 1380.